The maximum Gasteiger partial charge on any atom is 0.414 e. The summed E-state index contributed by atoms with van der Waals surface area (Å²) < 4.78 is 5.47. The molecule has 1 aliphatic heterocycles. The summed E-state index contributed by atoms with van der Waals surface area (Å²) in [6, 6.07) is 5.69. The van der Waals surface area contributed by atoms with Gasteiger partial charge in [-0.1, -0.05) is 12.1 Å². The molecule has 2 heterocycles. The normalized spacial score (nSPS) is 13.5. The monoisotopic (exact) mass is 325 g/mol. The molecule has 0 radical (unpaired) electrons. The molecule has 0 unspecified atom stereocenters. The molecule has 1 aromatic heterocycles. The van der Waals surface area contributed by atoms with E-state index in [9.17, 15) is 9.59 Å². The van der Waals surface area contributed by atoms with Crippen LogP contribution in [0.15, 0.2) is 30.6 Å². The minimum atomic E-state index is -0.536. The lowest BCUT2D eigenvalue weighted by Crippen LogP contribution is -2.35. The summed E-state index contributed by atoms with van der Waals surface area (Å²) in [7, 11) is 0. The summed E-state index contributed by atoms with van der Waals surface area (Å²) in [5, 5.41) is 0. The van der Waals surface area contributed by atoms with Gasteiger partial charge < -0.3 is 4.74 Å². The molecule has 1 aromatic carbocycles. The fraction of sp³-hybridized carbons (Fsp3) is 0.333. The number of benzene rings is 1. The van der Waals surface area contributed by atoms with Crippen molar-refractivity contribution in [3.05, 3.63) is 41.7 Å². The van der Waals surface area contributed by atoms with Crippen molar-refractivity contribution in [3.63, 3.8) is 0 Å². The van der Waals surface area contributed by atoms with Crippen LogP contribution in [0.25, 0.3) is 11.4 Å². The topological polar surface area (TPSA) is 72.4 Å². The van der Waals surface area contributed by atoms with Crippen molar-refractivity contribution in [2.75, 3.05) is 11.4 Å². The molecule has 124 valence electrons. The summed E-state index contributed by atoms with van der Waals surface area (Å²) in [4.78, 5) is 33.3. The number of ether oxygens (including phenoxy) is 1. The van der Waals surface area contributed by atoms with E-state index in [1.54, 1.807) is 4.90 Å². The van der Waals surface area contributed by atoms with Gasteiger partial charge in [0.1, 0.15) is 5.60 Å². The van der Waals surface area contributed by atoms with Crippen molar-refractivity contribution < 1.29 is 14.3 Å². The molecule has 6 heteroatoms. The number of aldehydes is 1. The van der Waals surface area contributed by atoms with Gasteiger partial charge in [-0.25, -0.2) is 14.8 Å². The molecule has 0 saturated heterocycles. The van der Waals surface area contributed by atoms with Crippen LogP contribution >= 0.6 is 0 Å². The standard InChI is InChI=1S/C18H19N3O3/c1-18(2,3)24-17(23)21-8-7-13-14(5-4-6-15(13)21)16-19-9-12(11-22)10-20-16/h4-6,9-11H,7-8H2,1-3H3. The van der Waals surface area contributed by atoms with Crippen LogP contribution in [0.4, 0.5) is 10.5 Å². The maximum atomic E-state index is 12.4. The molecule has 3 rings (SSSR count). The first-order valence-electron chi connectivity index (χ1n) is 7.79. The number of carbonyl (C=O) groups excluding carboxylic acids is 2. The van der Waals surface area contributed by atoms with Crippen LogP contribution in [-0.4, -0.2) is 34.5 Å². The average Bonchev–Trinajstić information content (AvgIpc) is 2.97. The Morgan fingerprint density at radius 2 is 1.96 bits per heavy atom. The van der Waals surface area contributed by atoms with Gasteiger partial charge in [-0.15, -0.1) is 0 Å². The first-order chi connectivity index (χ1) is 11.4. The van der Waals surface area contributed by atoms with E-state index in [1.807, 2.05) is 39.0 Å². The molecule has 24 heavy (non-hydrogen) atoms. The van der Waals surface area contributed by atoms with Gasteiger partial charge in [0.05, 0.1) is 11.3 Å². The molecule has 0 aliphatic carbocycles. The predicted molar refractivity (Wildman–Crippen MR) is 90.1 cm³/mol. The molecule has 0 bridgehead atoms. The van der Waals surface area contributed by atoms with Gasteiger partial charge in [0.2, 0.25) is 0 Å². The molecular weight excluding hydrogens is 306 g/mol. The largest absolute Gasteiger partial charge is 0.443 e. The quantitative estimate of drug-likeness (QED) is 0.793. The number of anilines is 1. The second-order valence-corrected chi connectivity index (χ2v) is 6.64. The lowest BCUT2D eigenvalue weighted by molar-refractivity contribution is 0.0584. The van der Waals surface area contributed by atoms with Crippen LogP contribution in [0.3, 0.4) is 0 Å². The minimum Gasteiger partial charge on any atom is -0.443 e. The van der Waals surface area contributed by atoms with Crippen LogP contribution in [0.5, 0.6) is 0 Å². The van der Waals surface area contributed by atoms with E-state index in [2.05, 4.69) is 9.97 Å². The van der Waals surface area contributed by atoms with Crippen LogP contribution in [-0.2, 0) is 11.2 Å². The number of aromatic nitrogens is 2. The van der Waals surface area contributed by atoms with Crippen molar-refractivity contribution >= 4 is 18.1 Å². The molecule has 0 N–H and O–H groups in total. The number of fused-ring (bicyclic) bond motifs is 1. The van der Waals surface area contributed by atoms with E-state index in [1.165, 1.54) is 12.4 Å². The Kier molecular flexibility index (Phi) is 4.05. The maximum absolute atomic E-state index is 12.4. The first kappa shape index (κ1) is 16.1. The zero-order chi connectivity index (χ0) is 17.3. The van der Waals surface area contributed by atoms with Crippen LogP contribution in [0.2, 0.25) is 0 Å². The molecule has 0 saturated carbocycles. The molecule has 0 fully saturated rings. The van der Waals surface area contributed by atoms with Gasteiger partial charge in [0, 0.05) is 24.5 Å². The summed E-state index contributed by atoms with van der Waals surface area (Å²) in [5.74, 6) is 0.545. The highest BCUT2D eigenvalue weighted by Gasteiger charge is 2.30. The number of hydrogen-bond donors (Lipinski definition) is 0. The van der Waals surface area contributed by atoms with E-state index in [0.29, 0.717) is 30.6 Å². The summed E-state index contributed by atoms with van der Waals surface area (Å²) in [5.41, 5.74) is 2.61. The fourth-order valence-electron chi connectivity index (χ4n) is 2.69. The van der Waals surface area contributed by atoms with Crippen LogP contribution in [0, 0.1) is 0 Å². The fourth-order valence-corrected chi connectivity index (χ4v) is 2.69. The number of carbonyl (C=O) groups is 2. The lowest BCUT2D eigenvalue weighted by Gasteiger charge is -2.24. The Morgan fingerprint density at radius 1 is 1.25 bits per heavy atom. The third kappa shape index (κ3) is 3.13. The van der Waals surface area contributed by atoms with Crippen molar-refractivity contribution in [2.24, 2.45) is 0 Å². The Bertz CT molecular complexity index is 779. The number of nitrogens with zero attached hydrogens (tertiary/aromatic N) is 3. The van der Waals surface area contributed by atoms with E-state index in [0.717, 1.165) is 16.8 Å². The number of amides is 1. The van der Waals surface area contributed by atoms with Gasteiger partial charge in [0.15, 0.2) is 12.1 Å². The smallest absolute Gasteiger partial charge is 0.414 e. The van der Waals surface area contributed by atoms with Crippen molar-refractivity contribution in [1.29, 1.82) is 0 Å². The van der Waals surface area contributed by atoms with E-state index in [4.69, 9.17) is 4.74 Å². The number of rotatable bonds is 2. The number of hydrogen-bond acceptors (Lipinski definition) is 5. The molecule has 2 aromatic rings. The van der Waals surface area contributed by atoms with Gasteiger partial charge in [-0.05, 0) is 38.8 Å². The molecule has 1 amide bonds. The van der Waals surface area contributed by atoms with Crippen LogP contribution < -0.4 is 4.90 Å². The van der Waals surface area contributed by atoms with Crippen molar-refractivity contribution in [3.8, 4) is 11.4 Å². The summed E-state index contributed by atoms with van der Waals surface area (Å²) >= 11 is 0. The second-order valence-electron chi connectivity index (χ2n) is 6.64. The Balaban J connectivity index is 1.94. The highest BCUT2D eigenvalue weighted by molar-refractivity contribution is 5.92. The Labute approximate surface area is 140 Å². The predicted octanol–water partition coefficient (Wildman–Crippen LogP) is 3.25. The van der Waals surface area contributed by atoms with Gasteiger partial charge in [-0.3, -0.25) is 9.69 Å². The molecular formula is C18H19N3O3. The summed E-state index contributed by atoms with van der Waals surface area (Å²) in [6.45, 7) is 6.11. The van der Waals surface area contributed by atoms with Gasteiger partial charge >= 0.3 is 6.09 Å². The Morgan fingerprint density at radius 3 is 2.58 bits per heavy atom. The van der Waals surface area contributed by atoms with E-state index >= 15 is 0 Å². The first-order valence-corrected chi connectivity index (χ1v) is 7.79. The highest BCUT2D eigenvalue weighted by Crippen LogP contribution is 2.35. The molecule has 0 spiro atoms. The minimum absolute atomic E-state index is 0.351. The van der Waals surface area contributed by atoms with Gasteiger partial charge in [0.25, 0.3) is 0 Å². The zero-order valence-electron chi connectivity index (χ0n) is 13.9. The third-order valence-electron chi connectivity index (χ3n) is 3.69. The lowest BCUT2D eigenvalue weighted by atomic mass is 10.0. The zero-order valence-corrected chi connectivity index (χ0v) is 13.9. The van der Waals surface area contributed by atoms with E-state index in [-0.39, 0.29) is 6.09 Å². The van der Waals surface area contributed by atoms with Crippen LogP contribution in [0.1, 0.15) is 36.7 Å². The average molecular weight is 325 g/mol. The van der Waals surface area contributed by atoms with Crippen molar-refractivity contribution in [1.82, 2.24) is 9.97 Å². The third-order valence-corrected chi connectivity index (χ3v) is 3.69. The molecule has 6 nitrogen and oxygen atoms in total. The second kappa shape index (κ2) is 6.03. The molecule has 1 aliphatic rings. The molecule has 0 atom stereocenters. The summed E-state index contributed by atoms with van der Waals surface area (Å²) in [6.07, 6.45) is 4.06. The van der Waals surface area contributed by atoms with Gasteiger partial charge in [-0.2, -0.15) is 0 Å². The highest BCUT2D eigenvalue weighted by atomic mass is 16.6. The van der Waals surface area contributed by atoms with E-state index < -0.39 is 5.60 Å². The SMILES string of the molecule is CC(C)(C)OC(=O)N1CCc2c(-c3ncc(C=O)cn3)cccc21. The Hall–Kier alpha value is -2.76. The van der Waals surface area contributed by atoms with Crippen molar-refractivity contribution in [2.45, 2.75) is 32.8 Å².